The minimum Gasteiger partial charge on any atom is -0.356 e. The average molecular weight is 401 g/mol. The summed E-state index contributed by atoms with van der Waals surface area (Å²) in [5.74, 6) is 1.77. The van der Waals surface area contributed by atoms with Crippen LogP contribution in [-0.4, -0.2) is 66.7 Å². The van der Waals surface area contributed by atoms with E-state index in [0.29, 0.717) is 13.1 Å². The maximum absolute atomic E-state index is 12.6. The quantitative estimate of drug-likeness (QED) is 0.750. The van der Waals surface area contributed by atoms with Crippen LogP contribution in [-0.2, 0) is 0 Å². The predicted octanol–water partition coefficient (Wildman–Crippen LogP) is 3.40. The molecule has 1 saturated heterocycles. The number of thioether (sulfide) groups is 1. The van der Waals surface area contributed by atoms with Gasteiger partial charge in [-0.05, 0) is 50.4 Å². The van der Waals surface area contributed by atoms with Crippen LogP contribution in [0.2, 0.25) is 0 Å². The number of carbonyl (C=O) groups is 1. The maximum Gasteiger partial charge on any atom is 0.321 e. The number of benzene rings is 1. The largest absolute Gasteiger partial charge is 0.356 e. The molecule has 3 rings (SSSR count). The molecule has 2 amide bonds. The summed E-state index contributed by atoms with van der Waals surface area (Å²) in [6.45, 7) is 8.87. The minimum absolute atomic E-state index is 0.0548. The van der Waals surface area contributed by atoms with Gasteiger partial charge in [-0.1, -0.05) is 6.07 Å². The van der Waals surface area contributed by atoms with Crippen molar-refractivity contribution in [3.8, 4) is 0 Å². The molecule has 0 aliphatic carbocycles. The lowest BCUT2D eigenvalue weighted by atomic mass is 10.3. The van der Waals surface area contributed by atoms with E-state index in [9.17, 15) is 4.79 Å². The van der Waals surface area contributed by atoms with E-state index in [0.717, 1.165) is 48.4 Å². The number of hydrogen-bond donors (Lipinski definition) is 1. The lowest BCUT2D eigenvalue weighted by Crippen LogP contribution is -2.50. The van der Waals surface area contributed by atoms with Crippen molar-refractivity contribution < 1.29 is 4.79 Å². The van der Waals surface area contributed by atoms with Crippen molar-refractivity contribution in [2.45, 2.75) is 18.7 Å². The first-order valence-electron chi connectivity index (χ1n) is 9.68. The van der Waals surface area contributed by atoms with Crippen molar-refractivity contribution in [3.05, 3.63) is 36.4 Å². The lowest BCUT2D eigenvalue weighted by molar-refractivity contribution is 0.208. The molecule has 0 bridgehead atoms. The normalized spacial score (nSPS) is 14.1. The number of piperazine rings is 1. The Kier molecular flexibility index (Phi) is 6.97. The molecule has 1 aromatic heterocycles. The fraction of sp³-hybridized carbons (Fsp3) is 0.450. The van der Waals surface area contributed by atoms with Crippen LogP contribution in [0.5, 0.6) is 0 Å². The SMILES string of the molecule is CCN(CC)c1ccc(N2CCN(C(=O)Nc3cccc(SC)c3)CC2)nn1. The fourth-order valence-corrected chi connectivity index (χ4v) is 3.70. The van der Waals surface area contributed by atoms with Crippen LogP contribution < -0.4 is 15.1 Å². The Morgan fingerprint density at radius 1 is 1.11 bits per heavy atom. The van der Waals surface area contributed by atoms with E-state index in [-0.39, 0.29) is 6.03 Å². The number of nitrogens with one attached hydrogen (secondary N) is 1. The van der Waals surface area contributed by atoms with Gasteiger partial charge in [-0.3, -0.25) is 0 Å². The second-order valence-electron chi connectivity index (χ2n) is 6.56. The van der Waals surface area contributed by atoms with Crippen LogP contribution in [0.1, 0.15) is 13.8 Å². The highest BCUT2D eigenvalue weighted by Gasteiger charge is 2.22. The molecule has 28 heavy (non-hydrogen) atoms. The molecule has 0 radical (unpaired) electrons. The maximum atomic E-state index is 12.6. The van der Waals surface area contributed by atoms with Gasteiger partial charge < -0.3 is 20.0 Å². The molecule has 1 aromatic carbocycles. The molecule has 1 N–H and O–H groups in total. The van der Waals surface area contributed by atoms with Crippen LogP contribution in [0.3, 0.4) is 0 Å². The Hall–Kier alpha value is -2.48. The van der Waals surface area contributed by atoms with E-state index in [2.05, 4.69) is 39.2 Å². The molecular weight excluding hydrogens is 372 g/mol. The first-order valence-corrected chi connectivity index (χ1v) is 10.9. The van der Waals surface area contributed by atoms with Crippen molar-refractivity contribution in [2.24, 2.45) is 0 Å². The summed E-state index contributed by atoms with van der Waals surface area (Å²) in [7, 11) is 0. The van der Waals surface area contributed by atoms with Crippen molar-refractivity contribution in [1.82, 2.24) is 15.1 Å². The third-order valence-electron chi connectivity index (χ3n) is 4.94. The highest BCUT2D eigenvalue weighted by molar-refractivity contribution is 7.98. The van der Waals surface area contributed by atoms with E-state index < -0.39 is 0 Å². The summed E-state index contributed by atoms with van der Waals surface area (Å²) < 4.78 is 0. The summed E-state index contributed by atoms with van der Waals surface area (Å²) in [6, 6.07) is 11.9. The number of hydrogen-bond acceptors (Lipinski definition) is 6. The molecule has 150 valence electrons. The number of carbonyl (C=O) groups excluding carboxylic acids is 1. The molecule has 0 saturated carbocycles. The Morgan fingerprint density at radius 3 is 2.46 bits per heavy atom. The minimum atomic E-state index is -0.0548. The van der Waals surface area contributed by atoms with Crippen molar-refractivity contribution in [1.29, 1.82) is 0 Å². The van der Waals surface area contributed by atoms with Crippen LogP contribution in [0.25, 0.3) is 0 Å². The summed E-state index contributed by atoms with van der Waals surface area (Å²) in [6.07, 6.45) is 2.03. The second kappa shape index (κ2) is 9.64. The highest BCUT2D eigenvalue weighted by atomic mass is 32.2. The molecule has 1 aliphatic heterocycles. The topological polar surface area (TPSA) is 64.6 Å². The third-order valence-corrected chi connectivity index (χ3v) is 5.66. The number of aromatic nitrogens is 2. The average Bonchev–Trinajstić information content (AvgIpc) is 2.75. The van der Waals surface area contributed by atoms with Gasteiger partial charge in [-0.25, -0.2) is 4.79 Å². The molecule has 0 unspecified atom stereocenters. The van der Waals surface area contributed by atoms with E-state index in [1.165, 1.54) is 0 Å². The first-order chi connectivity index (χ1) is 13.6. The Bertz CT molecular complexity index is 773. The van der Waals surface area contributed by atoms with Gasteiger partial charge in [0.2, 0.25) is 0 Å². The van der Waals surface area contributed by atoms with Crippen molar-refractivity contribution >= 4 is 35.1 Å². The highest BCUT2D eigenvalue weighted by Crippen LogP contribution is 2.20. The van der Waals surface area contributed by atoms with Gasteiger partial charge in [0, 0.05) is 49.9 Å². The number of amides is 2. The molecule has 0 spiro atoms. The van der Waals surface area contributed by atoms with Crippen LogP contribution >= 0.6 is 11.8 Å². The molecule has 8 heteroatoms. The predicted molar refractivity (Wildman–Crippen MR) is 117 cm³/mol. The Labute approximate surface area is 171 Å². The molecule has 7 nitrogen and oxygen atoms in total. The Morgan fingerprint density at radius 2 is 1.86 bits per heavy atom. The molecule has 1 fully saturated rings. The fourth-order valence-electron chi connectivity index (χ4n) is 3.25. The van der Waals surface area contributed by atoms with Crippen molar-refractivity contribution in [3.63, 3.8) is 0 Å². The zero-order valence-electron chi connectivity index (χ0n) is 16.8. The smallest absolute Gasteiger partial charge is 0.321 e. The van der Waals surface area contributed by atoms with Gasteiger partial charge in [0.15, 0.2) is 11.6 Å². The zero-order chi connectivity index (χ0) is 19.9. The third kappa shape index (κ3) is 4.86. The molecule has 2 aromatic rings. The van der Waals surface area contributed by atoms with Crippen molar-refractivity contribution in [2.75, 3.05) is 60.6 Å². The molecule has 1 aliphatic rings. The number of anilines is 3. The number of nitrogens with zero attached hydrogens (tertiary/aromatic N) is 5. The number of rotatable bonds is 6. The summed E-state index contributed by atoms with van der Waals surface area (Å²) >= 11 is 1.66. The summed E-state index contributed by atoms with van der Waals surface area (Å²) in [4.78, 5) is 19.9. The van der Waals surface area contributed by atoms with E-state index in [4.69, 9.17) is 0 Å². The van der Waals surface area contributed by atoms with E-state index in [1.54, 1.807) is 11.8 Å². The van der Waals surface area contributed by atoms with Gasteiger partial charge in [-0.2, -0.15) is 0 Å². The van der Waals surface area contributed by atoms with Gasteiger partial charge in [0.05, 0.1) is 0 Å². The molecule has 0 atom stereocenters. The van der Waals surface area contributed by atoms with E-state index in [1.807, 2.05) is 47.6 Å². The molecule has 2 heterocycles. The van der Waals surface area contributed by atoms with Crippen LogP contribution in [0.15, 0.2) is 41.3 Å². The first kappa shape index (κ1) is 20.3. The van der Waals surface area contributed by atoms with Gasteiger partial charge in [-0.15, -0.1) is 22.0 Å². The zero-order valence-corrected chi connectivity index (χ0v) is 17.6. The van der Waals surface area contributed by atoms with Gasteiger partial charge in [0.1, 0.15) is 0 Å². The lowest BCUT2D eigenvalue weighted by Gasteiger charge is -2.35. The standard InChI is InChI=1S/C20H28N6OS/c1-4-24(5-2)18-9-10-19(23-22-18)25-11-13-26(14-12-25)20(27)21-16-7-6-8-17(15-16)28-3/h6-10,15H,4-5,11-14H2,1-3H3,(H,21,27). The van der Waals surface area contributed by atoms with Gasteiger partial charge >= 0.3 is 6.03 Å². The number of urea groups is 1. The Balaban J connectivity index is 1.54. The monoisotopic (exact) mass is 400 g/mol. The van der Waals surface area contributed by atoms with Crippen LogP contribution in [0.4, 0.5) is 22.1 Å². The second-order valence-corrected chi connectivity index (χ2v) is 7.44. The summed E-state index contributed by atoms with van der Waals surface area (Å²) in [5, 5.41) is 11.7. The van der Waals surface area contributed by atoms with E-state index >= 15 is 0 Å². The summed E-state index contributed by atoms with van der Waals surface area (Å²) in [5.41, 5.74) is 0.831. The molecular formula is C20H28N6OS. The van der Waals surface area contributed by atoms with Crippen LogP contribution in [0, 0.1) is 0 Å². The van der Waals surface area contributed by atoms with Gasteiger partial charge in [0.25, 0.3) is 0 Å².